The molecule has 16 heavy (non-hydrogen) atoms. The Kier molecular flexibility index (Phi) is 4.40. The Morgan fingerprint density at radius 1 is 1.31 bits per heavy atom. The Labute approximate surface area is 97.7 Å². The van der Waals surface area contributed by atoms with Gasteiger partial charge in [0.15, 0.2) is 0 Å². The Hall–Kier alpha value is -0.830. The predicted octanol–water partition coefficient (Wildman–Crippen LogP) is 1.60. The van der Waals surface area contributed by atoms with Gasteiger partial charge in [0.25, 0.3) is 0 Å². The number of carbonyl (C=O) groups is 1. The van der Waals surface area contributed by atoms with Gasteiger partial charge in [-0.3, -0.25) is 4.79 Å². The molecule has 0 radical (unpaired) electrons. The Morgan fingerprint density at radius 2 is 2.25 bits per heavy atom. The van der Waals surface area contributed by atoms with Crippen LogP contribution in [0.2, 0.25) is 0 Å². The first-order chi connectivity index (χ1) is 7.86. The van der Waals surface area contributed by atoms with Crippen LogP contribution in [0.5, 0.6) is 0 Å². The van der Waals surface area contributed by atoms with Crippen LogP contribution in [0.4, 0.5) is 0 Å². The molecule has 2 aliphatic rings. The van der Waals surface area contributed by atoms with E-state index in [9.17, 15) is 4.79 Å². The first kappa shape index (κ1) is 11.6. The quantitative estimate of drug-likeness (QED) is 0.712. The van der Waals surface area contributed by atoms with E-state index >= 15 is 0 Å². The monoisotopic (exact) mass is 222 g/mol. The topological polar surface area (TPSA) is 41.1 Å². The zero-order chi connectivity index (χ0) is 11.2. The van der Waals surface area contributed by atoms with E-state index in [1.54, 1.807) is 0 Å². The van der Waals surface area contributed by atoms with Crippen LogP contribution in [0.3, 0.4) is 0 Å². The van der Waals surface area contributed by atoms with Crippen LogP contribution >= 0.6 is 0 Å². The van der Waals surface area contributed by atoms with E-state index in [0.717, 1.165) is 25.9 Å². The van der Waals surface area contributed by atoms with Gasteiger partial charge >= 0.3 is 0 Å². The van der Waals surface area contributed by atoms with Crippen molar-refractivity contribution in [1.29, 1.82) is 0 Å². The van der Waals surface area contributed by atoms with Crippen molar-refractivity contribution in [3.05, 3.63) is 12.2 Å². The van der Waals surface area contributed by atoms with Crippen molar-refractivity contribution < 1.29 is 4.79 Å². The highest BCUT2D eigenvalue weighted by molar-refractivity contribution is 5.81. The van der Waals surface area contributed by atoms with E-state index in [2.05, 4.69) is 22.8 Å². The standard InChI is InChI=1S/C13H22N2O/c16-13(12-8-4-5-9-14-12)15-10-11-6-2-1-3-7-11/h1-2,11-12,14H,3-10H2,(H,15,16)/t11?,12-/m1/s1. The fourth-order valence-electron chi connectivity index (χ4n) is 2.49. The van der Waals surface area contributed by atoms with Gasteiger partial charge in [0.1, 0.15) is 0 Å². The molecule has 3 nitrogen and oxygen atoms in total. The lowest BCUT2D eigenvalue weighted by atomic mass is 9.94. The lowest BCUT2D eigenvalue weighted by molar-refractivity contribution is -0.123. The van der Waals surface area contributed by atoms with E-state index in [0.29, 0.717) is 5.92 Å². The third kappa shape index (κ3) is 3.34. The summed E-state index contributed by atoms with van der Waals surface area (Å²) in [6, 6.07) is 0.0629. The van der Waals surface area contributed by atoms with E-state index in [1.807, 2.05) is 0 Å². The van der Waals surface area contributed by atoms with Gasteiger partial charge in [-0.15, -0.1) is 0 Å². The number of nitrogens with one attached hydrogen (secondary N) is 2. The predicted molar refractivity (Wildman–Crippen MR) is 65.1 cm³/mol. The number of amides is 1. The van der Waals surface area contributed by atoms with E-state index in [-0.39, 0.29) is 11.9 Å². The van der Waals surface area contributed by atoms with Gasteiger partial charge in [0, 0.05) is 6.54 Å². The maximum absolute atomic E-state index is 11.8. The van der Waals surface area contributed by atoms with Crippen molar-refractivity contribution >= 4 is 5.91 Å². The number of allylic oxidation sites excluding steroid dienone is 2. The minimum Gasteiger partial charge on any atom is -0.354 e. The molecular weight excluding hydrogens is 200 g/mol. The molecule has 0 saturated carbocycles. The van der Waals surface area contributed by atoms with Crippen LogP contribution in [-0.2, 0) is 4.79 Å². The van der Waals surface area contributed by atoms with Gasteiger partial charge in [-0.25, -0.2) is 0 Å². The number of carbonyl (C=O) groups excluding carboxylic acids is 1. The molecule has 2 atom stereocenters. The SMILES string of the molecule is O=C(NCC1CC=CCC1)[C@H]1CCCCN1. The summed E-state index contributed by atoms with van der Waals surface area (Å²) in [5.41, 5.74) is 0. The average Bonchev–Trinajstić information content (AvgIpc) is 2.38. The largest absolute Gasteiger partial charge is 0.354 e. The minimum atomic E-state index is 0.0629. The van der Waals surface area contributed by atoms with Crippen LogP contribution in [0.25, 0.3) is 0 Å². The molecule has 1 amide bonds. The molecule has 1 aliphatic carbocycles. The molecule has 2 rings (SSSR count). The number of hydrogen-bond acceptors (Lipinski definition) is 2. The van der Waals surface area contributed by atoms with Crippen LogP contribution < -0.4 is 10.6 Å². The lowest BCUT2D eigenvalue weighted by Gasteiger charge is -2.24. The average molecular weight is 222 g/mol. The van der Waals surface area contributed by atoms with Crippen molar-refractivity contribution in [1.82, 2.24) is 10.6 Å². The van der Waals surface area contributed by atoms with Crippen molar-refractivity contribution in [2.45, 2.75) is 44.6 Å². The zero-order valence-electron chi connectivity index (χ0n) is 9.87. The van der Waals surface area contributed by atoms with Gasteiger partial charge in [0.2, 0.25) is 5.91 Å². The molecule has 0 aromatic carbocycles. The summed E-state index contributed by atoms with van der Waals surface area (Å²) in [7, 11) is 0. The molecule has 2 N–H and O–H groups in total. The highest BCUT2D eigenvalue weighted by Gasteiger charge is 2.21. The second kappa shape index (κ2) is 6.04. The summed E-state index contributed by atoms with van der Waals surface area (Å²) in [6.07, 6.45) is 11.4. The van der Waals surface area contributed by atoms with Crippen LogP contribution in [-0.4, -0.2) is 25.0 Å². The van der Waals surface area contributed by atoms with Crippen molar-refractivity contribution in [3.63, 3.8) is 0 Å². The van der Waals surface area contributed by atoms with Gasteiger partial charge in [-0.2, -0.15) is 0 Å². The van der Waals surface area contributed by atoms with E-state index in [4.69, 9.17) is 0 Å². The molecule has 1 aliphatic heterocycles. The molecule has 1 saturated heterocycles. The normalized spacial score (nSPS) is 30.0. The summed E-state index contributed by atoms with van der Waals surface area (Å²) in [6.45, 7) is 1.84. The van der Waals surface area contributed by atoms with Crippen LogP contribution in [0.1, 0.15) is 38.5 Å². The van der Waals surface area contributed by atoms with Crippen molar-refractivity contribution in [2.75, 3.05) is 13.1 Å². The molecule has 0 aromatic heterocycles. The third-order valence-corrected chi connectivity index (χ3v) is 3.57. The Morgan fingerprint density at radius 3 is 2.94 bits per heavy atom. The van der Waals surface area contributed by atoms with E-state index in [1.165, 1.54) is 25.7 Å². The molecule has 1 fully saturated rings. The van der Waals surface area contributed by atoms with Gasteiger partial charge in [-0.1, -0.05) is 18.6 Å². The third-order valence-electron chi connectivity index (χ3n) is 3.57. The van der Waals surface area contributed by atoms with Gasteiger partial charge in [-0.05, 0) is 44.6 Å². The zero-order valence-corrected chi connectivity index (χ0v) is 9.87. The van der Waals surface area contributed by atoms with Crippen LogP contribution in [0, 0.1) is 5.92 Å². The smallest absolute Gasteiger partial charge is 0.237 e. The van der Waals surface area contributed by atoms with Gasteiger partial charge in [0.05, 0.1) is 6.04 Å². The van der Waals surface area contributed by atoms with Crippen LogP contribution in [0.15, 0.2) is 12.2 Å². The summed E-state index contributed by atoms with van der Waals surface area (Å²) < 4.78 is 0. The first-order valence-electron chi connectivity index (χ1n) is 6.52. The van der Waals surface area contributed by atoms with Crippen molar-refractivity contribution in [2.24, 2.45) is 5.92 Å². The molecule has 3 heteroatoms. The van der Waals surface area contributed by atoms with Crippen molar-refractivity contribution in [3.8, 4) is 0 Å². The highest BCUT2D eigenvalue weighted by atomic mass is 16.2. The fraction of sp³-hybridized carbons (Fsp3) is 0.769. The maximum Gasteiger partial charge on any atom is 0.237 e. The summed E-state index contributed by atoms with van der Waals surface area (Å²) in [5.74, 6) is 0.854. The maximum atomic E-state index is 11.8. The first-order valence-corrected chi connectivity index (χ1v) is 6.52. The number of hydrogen-bond donors (Lipinski definition) is 2. The molecule has 0 spiro atoms. The fourth-order valence-corrected chi connectivity index (χ4v) is 2.49. The lowest BCUT2D eigenvalue weighted by Crippen LogP contribution is -2.47. The summed E-state index contributed by atoms with van der Waals surface area (Å²) >= 11 is 0. The summed E-state index contributed by atoms with van der Waals surface area (Å²) in [5, 5.41) is 6.37. The molecule has 0 aromatic rings. The molecular formula is C13H22N2O. The number of piperidine rings is 1. The Bertz CT molecular complexity index is 257. The minimum absolute atomic E-state index is 0.0629. The molecule has 1 heterocycles. The molecule has 90 valence electrons. The number of rotatable bonds is 3. The molecule has 0 bridgehead atoms. The molecule has 1 unspecified atom stereocenters. The highest BCUT2D eigenvalue weighted by Crippen LogP contribution is 2.17. The second-order valence-corrected chi connectivity index (χ2v) is 4.90. The van der Waals surface area contributed by atoms with Gasteiger partial charge < -0.3 is 10.6 Å². The Balaban J connectivity index is 1.68. The summed E-state index contributed by atoms with van der Waals surface area (Å²) in [4.78, 5) is 11.8. The second-order valence-electron chi connectivity index (χ2n) is 4.90. The van der Waals surface area contributed by atoms with E-state index < -0.39 is 0 Å².